The molecule has 1 unspecified atom stereocenters. The predicted octanol–water partition coefficient (Wildman–Crippen LogP) is 2.39. The summed E-state index contributed by atoms with van der Waals surface area (Å²) in [4.78, 5) is 24.0. The van der Waals surface area contributed by atoms with Gasteiger partial charge in [0.15, 0.2) is 5.78 Å². The highest BCUT2D eigenvalue weighted by Gasteiger charge is 2.47. The molecule has 1 aromatic carbocycles. The summed E-state index contributed by atoms with van der Waals surface area (Å²) in [7, 11) is -4.30. The van der Waals surface area contributed by atoms with Gasteiger partial charge < -0.3 is 4.74 Å². The second-order valence-corrected chi connectivity index (χ2v) is 7.99. The number of ether oxygens (including phenoxy) is 1. The Morgan fingerprint density at radius 2 is 1.48 bits per heavy atom. The molecule has 0 spiro atoms. The van der Waals surface area contributed by atoms with E-state index < -0.39 is 33.1 Å². The van der Waals surface area contributed by atoms with Crippen molar-refractivity contribution in [3.05, 3.63) is 29.8 Å². The molecule has 0 saturated carbocycles. The maximum Gasteiger partial charge on any atom is 0.348 e. The molecule has 0 aliphatic rings. The number of ketones is 1. The first kappa shape index (κ1) is 19.3. The summed E-state index contributed by atoms with van der Waals surface area (Å²) in [5.41, 5.74) is -2.26. The zero-order chi connectivity index (χ0) is 18.1. The minimum Gasteiger partial charge on any atom is -0.457 e. The van der Waals surface area contributed by atoms with E-state index in [-0.39, 0.29) is 4.90 Å². The summed E-state index contributed by atoms with van der Waals surface area (Å²) < 4.78 is 34.8. The zero-order valence-corrected chi connectivity index (χ0v) is 15.0. The van der Waals surface area contributed by atoms with Gasteiger partial charge in [0.2, 0.25) is 5.60 Å². The van der Waals surface area contributed by atoms with Crippen LogP contribution in [0.3, 0.4) is 0 Å². The third-order valence-electron chi connectivity index (χ3n) is 3.05. The Bertz CT molecular complexity index is 697. The predicted molar refractivity (Wildman–Crippen MR) is 84.4 cm³/mol. The lowest BCUT2D eigenvalue weighted by molar-refractivity contribution is -0.174. The van der Waals surface area contributed by atoms with Crippen molar-refractivity contribution < 1.29 is 26.9 Å². The molecule has 0 amide bonds. The SMILES string of the molecule is CC(=O)C(C)(OS(=O)(=O)c1ccc(C)cc1)C(=O)OC(C)(C)C. The van der Waals surface area contributed by atoms with Gasteiger partial charge in [-0.3, -0.25) is 4.79 Å². The van der Waals surface area contributed by atoms with Crippen LogP contribution in [-0.4, -0.2) is 31.4 Å². The molecule has 0 saturated heterocycles. The Balaban J connectivity index is 3.19. The number of carbonyl (C=O) groups is 2. The lowest BCUT2D eigenvalue weighted by atomic mass is 10.0. The fraction of sp³-hybridized carbons (Fsp3) is 0.500. The Morgan fingerprint density at radius 1 is 1.00 bits per heavy atom. The number of benzene rings is 1. The van der Waals surface area contributed by atoms with Crippen LogP contribution in [0, 0.1) is 6.92 Å². The van der Waals surface area contributed by atoms with Gasteiger partial charge in [0.05, 0.1) is 4.90 Å². The van der Waals surface area contributed by atoms with Gasteiger partial charge in [-0.1, -0.05) is 17.7 Å². The first-order valence-electron chi connectivity index (χ1n) is 7.05. The van der Waals surface area contributed by atoms with E-state index in [0.29, 0.717) is 0 Å². The van der Waals surface area contributed by atoms with Crippen molar-refractivity contribution in [3.8, 4) is 0 Å². The normalized spacial score (nSPS) is 14.9. The quantitative estimate of drug-likeness (QED) is 0.464. The molecule has 1 atom stereocenters. The summed E-state index contributed by atoms with van der Waals surface area (Å²) in [5, 5.41) is 0. The molecule has 0 aliphatic heterocycles. The Labute approximate surface area is 136 Å². The smallest absolute Gasteiger partial charge is 0.348 e. The van der Waals surface area contributed by atoms with Crippen LogP contribution in [0.2, 0.25) is 0 Å². The van der Waals surface area contributed by atoms with Gasteiger partial charge in [-0.2, -0.15) is 8.42 Å². The van der Waals surface area contributed by atoms with E-state index in [1.54, 1.807) is 39.8 Å². The van der Waals surface area contributed by atoms with Crippen molar-refractivity contribution in [3.63, 3.8) is 0 Å². The van der Waals surface area contributed by atoms with E-state index in [4.69, 9.17) is 8.92 Å². The molecule has 6 nitrogen and oxygen atoms in total. The second kappa shape index (κ2) is 6.41. The van der Waals surface area contributed by atoms with Gasteiger partial charge in [0.25, 0.3) is 10.1 Å². The number of aryl methyl sites for hydroxylation is 1. The van der Waals surface area contributed by atoms with Gasteiger partial charge in [0.1, 0.15) is 5.60 Å². The van der Waals surface area contributed by atoms with Crippen LogP contribution in [0.1, 0.15) is 40.2 Å². The van der Waals surface area contributed by atoms with Crippen LogP contribution in [-0.2, 0) is 28.6 Å². The minimum atomic E-state index is -4.30. The van der Waals surface area contributed by atoms with Crippen molar-refractivity contribution in [2.24, 2.45) is 0 Å². The molecule has 7 heteroatoms. The maximum atomic E-state index is 12.4. The molecule has 0 bridgehead atoms. The van der Waals surface area contributed by atoms with Gasteiger partial charge in [-0.05, 0) is 53.7 Å². The van der Waals surface area contributed by atoms with Crippen molar-refractivity contribution in [2.45, 2.75) is 57.6 Å². The topological polar surface area (TPSA) is 86.7 Å². The van der Waals surface area contributed by atoms with Crippen LogP contribution >= 0.6 is 0 Å². The van der Waals surface area contributed by atoms with Gasteiger partial charge in [-0.15, -0.1) is 0 Å². The molecule has 0 aromatic heterocycles. The lowest BCUT2D eigenvalue weighted by Crippen LogP contribution is -2.49. The fourth-order valence-corrected chi connectivity index (χ4v) is 2.77. The van der Waals surface area contributed by atoms with Crippen LogP contribution < -0.4 is 0 Å². The molecule has 1 rings (SSSR count). The van der Waals surface area contributed by atoms with E-state index in [1.807, 2.05) is 0 Å². The molecule has 0 aliphatic carbocycles. The van der Waals surface area contributed by atoms with Crippen LogP contribution in [0.15, 0.2) is 29.2 Å². The zero-order valence-electron chi connectivity index (χ0n) is 14.2. The van der Waals surface area contributed by atoms with Crippen molar-refractivity contribution in [1.29, 1.82) is 0 Å². The standard InChI is InChI=1S/C16H22O6S/c1-11-7-9-13(10-8-11)23(19,20)22-16(6,12(2)17)14(18)21-15(3,4)5/h7-10H,1-6H3. The van der Waals surface area contributed by atoms with Crippen LogP contribution in [0.5, 0.6) is 0 Å². The Morgan fingerprint density at radius 3 is 1.87 bits per heavy atom. The van der Waals surface area contributed by atoms with Crippen molar-refractivity contribution in [1.82, 2.24) is 0 Å². The molecule has 0 heterocycles. The third kappa shape index (κ3) is 4.87. The van der Waals surface area contributed by atoms with Gasteiger partial charge >= 0.3 is 5.97 Å². The number of Topliss-reactive ketones (excluding diaryl/α,β-unsaturated/α-hetero) is 1. The highest BCUT2D eigenvalue weighted by Crippen LogP contribution is 2.25. The maximum absolute atomic E-state index is 12.4. The van der Waals surface area contributed by atoms with Crippen molar-refractivity contribution >= 4 is 21.9 Å². The summed E-state index contributed by atoms with van der Waals surface area (Å²) in [6, 6.07) is 5.88. The van der Waals surface area contributed by atoms with E-state index in [0.717, 1.165) is 19.4 Å². The molecule has 1 aromatic rings. The minimum absolute atomic E-state index is 0.140. The fourth-order valence-electron chi connectivity index (χ4n) is 1.58. The lowest BCUT2D eigenvalue weighted by Gasteiger charge is -2.28. The molecule has 0 radical (unpaired) electrons. The molecule has 0 fully saturated rings. The van der Waals surface area contributed by atoms with Gasteiger partial charge in [-0.25, -0.2) is 8.98 Å². The largest absolute Gasteiger partial charge is 0.457 e. The summed E-state index contributed by atoms with van der Waals surface area (Å²) in [6.45, 7) is 8.81. The summed E-state index contributed by atoms with van der Waals surface area (Å²) in [6.07, 6.45) is 0. The Hall–Kier alpha value is -1.73. The van der Waals surface area contributed by atoms with Crippen LogP contribution in [0.4, 0.5) is 0 Å². The first-order valence-corrected chi connectivity index (χ1v) is 8.45. The van der Waals surface area contributed by atoms with E-state index in [9.17, 15) is 18.0 Å². The van der Waals surface area contributed by atoms with E-state index in [1.165, 1.54) is 12.1 Å². The Kier molecular flexibility index (Phi) is 5.38. The van der Waals surface area contributed by atoms with E-state index in [2.05, 4.69) is 0 Å². The van der Waals surface area contributed by atoms with Crippen molar-refractivity contribution in [2.75, 3.05) is 0 Å². The summed E-state index contributed by atoms with van der Waals surface area (Å²) >= 11 is 0. The highest BCUT2D eigenvalue weighted by molar-refractivity contribution is 7.86. The number of rotatable bonds is 5. The molecule has 0 N–H and O–H groups in total. The number of esters is 1. The molecule has 23 heavy (non-hydrogen) atoms. The second-order valence-electron chi connectivity index (χ2n) is 6.44. The van der Waals surface area contributed by atoms with Gasteiger partial charge in [0, 0.05) is 0 Å². The molecular formula is C16H22O6S. The number of carbonyl (C=O) groups excluding carboxylic acids is 2. The number of hydrogen-bond donors (Lipinski definition) is 0. The monoisotopic (exact) mass is 342 g/mol. The van der Waals surface area contributed by atoms with Crippen LogP contribution in [0.25, 0.3) is 0 Å². The first-order chi connectivity index (χ1) is 10.3. The third-order valence-corrected chi connectivity index (χ3v) is 4.45. The molecule has 128 valence electrons. The van der Waals surface area contributed by atoms with E-state index >= 15 is 0 Å². The highest BCUT2D eigenvalue weighted by atomic mass is 32.2. The molecular weight excluding hydrogens is 320 g/mol. The average Bonchev–Trinajstić information content (AvgIpc) is 2.36. The average molecular weight is 342 g/mol. The number of hydrogen-bond acceptors (Lipinski definition) is 6. The summed E-state index contributed by atoms with van der Waals surface area (Å²) in [5.74, 6) is -1.81.